The highest BCUT2D eigenvalue weighted by atomic mass is 35.5. The largest absolute Gasteiger partial charge is 0.417 e. The van der Waals surface area contributed by atoms with E-state index in [2.05, 4.69) is 15.0 Å². The van der Waals surface area contributed by atoms with Crippen LogP contribution in [0.15, 0.2) is 59.7 Å². The number of alkyl halides is 3. The zero-order valence-corrected chi connectivity index (χ0v) is 16.6. The Labute approximate surface area is 175 Å². The fraction of sp³-hybridized carbons (Fsp3) is 0.286. The number of hydrogen-bond acceptors (Lipinski definition) is 4. The van der Waals surface area contributed by atoms with Gasteiger partial charge in [0.25, 0.3) is 5.56 Å². The molecule has 3 aromatic rings. The van der Waals surface area contributed by atoms with E-state index in [0.717, 1.165) is 48.2 Å². The van der Waals surface area contributed by atoms with Crippen LogP contribution in [0, 0.1) is 0 Å². The Kier molecular flexibility index (Phi) is 5.51. The molecule has 0 unspecified atom stereocenters. The van der Waals surface area contributed by atoms with Gasteiger partial charge in [-0.1, -0.05) is 41.9 Å². The van der Waals surface area contributed by atoms with Gasteiger partial charge in [0.05, 0.1) is 23.5 Å². The molecule has 1 fully saturated rings. The number of benzene rings is 1. The van der Waals surface area contributed by atoms with Crippen LogP contribution in [-0.2, 0) is 6.18 Å². The number of aromatic nitrogens is 3. The average molecular weight is 435 g/mol. The van der Waals surface area contributed by atoms with E-state index in [1.165, 1.54) is 6.20 Å². The van der Waals surface area contributed by atoms with Gasteiger partial charge >= 0.3 is 6.18 Å². The van der Waals surface area contributed by atoms with Gasteiger partial charge in [0.1, 0.15) is 5.02 Å². The second kappa shape index (κ2) is 8.10. The Balaban J connectivity index is 1.70. The van der Waals surface area contributed by atoms with Gasteiger partial charge in [0.15, 0.2) is 5.82 Å². The number of pyridine rings is 1. The van der Waals surface area contributed by atoms with Crippen molar-refractivity contribution in [3.63, 3.8) is 0 Å². The molecule has 0 saturated carbocycles. The smallest absolute Gasteiger partial charge is 0.362 e. The molecule has 1 aromatic carbocycles. The van der Waals surface area contributed by atoms with Gasteiger partial charge < -0.3 is 4.90 Å². The molecule has 9 heteroatoms. The van der Waals surface area contributed by atoms with Gasteiger partial charge in [-0.2, -0.15) is 23.0 Å². The molecular formula is C21H18ClF3N4O. The summed E-state index contributed by atoms with van der Waals surface area (Å²) in [4.78, 5) is 18.6. The lowest BCUT2D eigenvalue weighted by molar-refractivity contribution is -0.137. The lowest BCUT2D eigenvalue weighted by atomic mass is 9.95. The molecule has 0 bridgehead atoms. The monoisotopic (exact) mass is 434 g/mol. The van der Waals surface area contributed by atoms with Crippen molar-refractivity contribution in [2.45, 2.75) is 31.5 Å². The van der Waals surface area contributed by atoms with Gasteiger partial charge in [-0.25, -0.2) is 4.98 Å². The van der Waals surface area contributed by atoms with Crippen molar-refractivity contribution in [2.75, 3.05) is 11.4 Å². The minimum atomic E-state index is -4.51. The first-order valence-electron chi connectivity index (χ1n) is 9.49. The normalized spacial score (nSPS) is 17.2. The molecule has 1 saturated heterocycles. The van der Waals surface area contributed by atoms with Crippen molar-refractivity contribution in [1.82, 2.24) is 14.8 Å². The lowest BCUT2D eigenvalue weighted by Crippen LogP contribution is -2.35. The summed E-state index contributed by atoms with van der Waals surface area (Å²) >= 11 is 6.42. The summed E-state index contributed by atoms with van der Waals surface area (Å²) in [6.07, 6.45) is 0.582. The van der Waals surface area contributed by atoms with E-state index in [1.54, 1.807) is 0 Å². The van der Waals surface area contributed by atoms with Gasteiger partial charge in [0, 0.05) is 12.7 Å². The number of hydrogen-bond donors (Lipinski definition) is 0. The third kappa shape index (κ3) is 3.92. The van der Waals surface area contributed by atoms with E-state index in [9.17, 15) is 18.0 Å². The quantitative estimate of drug-likeness (QED) is 0.580. The van der Waals surface area contributed by atoms with Crippen LogP contribution in [0.3, 0.4) is 0 Å². The third-order valence-corrected chi connectivity index (χ3v) is 5.54. The molecule has 156 valence electrons. The second-order valence-electron chi connectivity index (χ2n) is 7.08. The highest BCUT2D eigenvalue weighted by Crippen LogP contribution is 2.37. The maximum atomic E-state index is 12.8. The van der Waals surface area contributed by atoms with Crippen LogP contribution in [0.2, 0.25) is 5.02 Å². The minimum absolute atomic E-state index is 0.0281. The van der Waals surface area contributed by atoms with Crippen LogP contribution in [0.5, 0.6) is 0 Å². The molecule has 1 aliphatic heterocycles. The molecule has 5 nitrogen and oxygen atoms in total. The third-order valence-electron chi connectivity index (χ3n) is 5.19. The first-order chi connectivity index (χ1) is 14.4. The Morgan fingerprint density at radius 2 is 1.80 bits per heavy atom. The summed E-state index contributed by atoms with van der Waals surface area (Å²) in [5.41, 5.74) is 0.111. The van der Waals surface area contributed by atoms with E-state index < -0.39 is 17.3 Å². The number of nitrogens with zero attached hydrogens (tertiary/aromatic N) is 4. The number of halogens is 4. The fourth-order valence-corrected chi connectivity index (χ4v) is 3.95. The van der Waals surface area contributed by atoms with Crippen molar-refractivity contribution in [3.05, 3.63) is 81.4 Å². The Morgan fingerprint density at radius 3 is 2.47 bits per heavy atom. The Morgan fingerprint density at radius 1 is 1.03 bits per heavy atom. The Bertz CT molecular complexity index is 1080. The lowest BCUT2D eigenvalue weighted by Gasteiger charge is -2.38. The fourth-order valence-electron chi connectivity index (χ4n) is 3.71. The summed E-state index contributed by atoms with van der Waals surface area (Å²) in [6.45, 7) is 0.725. The van der Waals surface area contributed by atoms with Crippen LogP contribution in [0.1, 0.15) is 36.4 Å². The maximum Gasteiger partial charge on any atom is 0.417 e. The molecule has 2 aromatic heterocycles. The molecule has 30 heavy (non-hydrogen) atoms. The molecular weight excluding hydrogens is 417 g/mol. The van der Waals surface area contributed by atoms with Crippen LogP contribution in [-0.4, -0.2) is 21.3 Å². The molecule has 4 rings (SSSR count). The average Bonchev–Trinajstić information content (AvgIpc) is 2.76. The molecule has 1 aliphatic rings. The first kappa shape index (κ1) is 20.4. The van der Waals surface area contributed by atoms with Crippen molar-refractivity contribution >= 4 is 17.3 Å². The zero-order chi connectivity index (χ0) is 21.3. The summed E-state index contributed by atoms with van der Waals surface area (Å²) in [7, 11) is 0. The molecule has 3 heterocycles. The molecule has 0 radical (unpaired) electrons. The van der Waals surface area contributed by atoms with Crippen molar-refractivity contribution in [3.8, 4) is 5.82 Å². The summed E-state index contributed by atoms with van der Waals surface area (Å²) in [5.74, 6) is -0.0281. The highest BCUT2D eigenvalue weighted by molar-refractivity contribution is 6.33. The van der Waals surface area contributed by atoms with E-state index >= 15 is 0 Å². The SMILES string of the molecule is O=c1c(Cl)c(N2CCCC[C@H]2c2ccccc2)cnn1-c1ccc(C(F)(F)F)cn1. The summed E-state index contributed by atoms with van der Waals surface area (Å²) in [5, 5.41) is 4.11. The van der Waals surface area contributed by atoms with Gasteiger partial charge in [-0.05, 0) is 37.0 Å². The molecule has 0 amide bonds. The number of anilines is 1. The number of rotatable bonds is 3. The highest BCUT2D eigenvalue weighted by Gasteiger charge is 2.31. The van der Waals surface area contributed by atoms with Gasteiger partial charge in [0.2, 0.25) is 0 Å². The van der Waals surface area contributed by atoms with E-state index in [-0.39, 0.29) is 16.9 Å². The molecule has 0 N–H and O–H groups in total. The van der Waals surface area contributed by atoms with Crippen molar-refractivity contribution < 1.29 is 13.2 Å². The van der Waals surface area contributed by atoms with Crippen LogP contribution in [0.25, 0.3) is 5.82 Å². The van der Waals surface area contributed by atoms with Gasteiger partial charge in [-0.3, -0.25) is 4.79 Å². The molecule has 1 atom stereocenters. The molecule has 0 aliphatic carbocycles. The second-order valence-corrected chi connectivity index (χ2v) is 7.46. The molecule has 0 spiro atoms. The van der Waals surface area contributed by atoms with Crippen molar-refractivity contribution in [2.24, 2.45) is 0 Å². The standard InChI is InChI=1S/C21H18ClF3N4O/c22-19-17(28-11-5-4-8-16(28)14-6-2-1-3-7-14)13-27-29(20(19)30)18-10-9-15(12-26-18)21(23,24)25/h1-3,6-7,9-10,12-13,16H,4-5,8,11H2/t16-/m0/s1. The van der Waals surface area contributed by atoms with Crippen LogP contribution in [0.4, 0.5) is 18.9 Å². The van der Waals surface area contributed by atoms with Gasteiger partial charge in [-0.15, -0.1) is 0 Å². The first-order valence-corrected chi connectivity index (χ1v) is 9.87. The topological polar surface area (TPSA) is 51.0 Å². The Hall–Kier alpha value is -2.87. The predicted molar refractivity (Wildman–Crippen MR) is 108 cm³/mol. The van der Waals surface area contributed by atoms with E-state index in [4.69, 9.17) is 11.6 Å². The van der Waals surface area contributed by atoms with Crippen LogP contribution < -0.4 is 10.5 Å². The van der Waals surface area contributed by atoms with Crippen LogP contribution >= 0.6 is 11.6 Å². The summed E-state index contributed by atoms with van der Waals surface area (Å²) < 4.78 is 39.2. The maximum absolute atomic E-state index is 12.8. The predicted octanol–water partition coefficient (Wildman–Crippen LogP) is 5.03. The van der Waals surface area contributed by atoms with E-state index in [1.807, 2.05) is 30.3 Å². The zero-order valence-electron chi connectivity index (χ0n) is 15.8. The van der Waals surface area contributed by atoms with Crippen molar-refractivity contribution in [1.29, 1.82) is 0 Å². The summed E-state index contributed by atoms with van der Waals surface area (Å²) in [6, 6.07) is 12.0. The minimum Gasteiger partial charge on any atom is -0.362 e. The number of piperidine rings is 1. The van der Waals surface area contributed by atoms with E-state index in [0.29, 0.717) is 11.9 Å².